The molecule has 0 aliphatic rings. The molecule has 0 fully saturated rings. The van der Waals surface area contributed by atoms with Crippen LogP contribution in [0.3, 0.4) is 0 Å². The first kappa shape index (κ1) is 17.2. The number of carbonyl (C=O) groups is 1. The van der Waals surface area contributed by atoms with Crippen molar-refractivity contribution in [1.82, 2.24) is 10.4 Å². The van der Waals surface area contributed by atoms with Crippen molar-refractivity contribution in [3.8, 4) is 5.75 Å². The maximum absolute atomic E-state index is 12.0. The molecule has 2 aromatic carbocycles. The SMILES string of the molecule is COc1ccc2nc(Cl)c(/C=N/NC(=O)c3ccc(Cl)cc3)cc2c1. The number of rotatable bonds is 4. The molecule has 1 aromatic heterocycles. The third kappa shape index (κ3) is 4.07. The smallest absolute Gasteiger partial charge is 0.271 e. The van der Waals surface area contributed by atoms with Crippen molar-refractivity contribution in [2.75, 3.05) is 7.11 Å². The topological polar surface area (TPSA) is 63.6 Å². The quantitative estimate of drug-likeness (QED) is 0.420. The number of aromatic nitrogens is 1. The number of nitrogens with one attached hydrogen (secondary N) is 1. The van der Waals surface area contributed by atoms with Crippen LogP contribution in [0.4, 0.5) is 0 Å². The van der Waals surface area contributed by atoms with Crippen LogP contribution in [0.1, 0.15) is 15.9 Å². The molecule has 1 heterocycles. The van der Waals surface area contributed by atoms with E-state index in [1.807, 2.05) is 24.3 Å². The van der Waals surface area contributed by atoms with Crippen LogP contribution in [0.5, 0.6) is 5.75 Å². The first-order valence-corrected chi connectivity index (χ1v) is 8.05. The zero-order chi connectivity index (χ0) is 17.8. The lowest BCUT2D eigenvalue weighted by molar-refractivity contribution is 0.0955. The fourth-order valence-electron chi connectivity index (χ4n) is 2.19. The van der Waals surface area contributed by atoms with E-state index in [9.17, 15) is 4.79 Å². The first-order chi connectivity index (χ1) is 12.1. The second kappa shape index (κ2) is 7.51. The average molecular weight is 374 g/mol. The Morgan fingerprint density at radius 2 is 1.92 bits per heavy atom. The van der Waals surface area contributed by atoms with E-state index in [1.165, 1.54) is 6.21 Å². The number of pyridine rings is 1. The molecule has 0 aliphatic carbocycles. The van der Waals surface area contributed by atoms with Gasteiger partial charge in [0.25, 0.3) is 5.91 Å². The Hall–Kier alpha value is -2.63. The monoisotopic (exact) mass is 373 g/mol. The largest absolute Gasteiger partial charge is 0.497 e. The lowest BCUT2D eigenvalue weighted by atomic mass is 10.1. The zero-order valence-electron chi connectivity index (χ0n) is 13.2. The second-order valence-electron chi connectivity index (χ2n) is 5.13. The van der Waals surface area contributed by atoms with Gasteiger partial charge >= 0.3 is 0 Å². The number of halogens is 2. The number of hydrazone groups is 1. The minimum Gasteiger partial charge on any atom is -0.497 e. The summed E-state index contributed by atoms with van der Waals surface area (Å²) < 4.78 is 5.20. The summed E-state index contributed by atoms with van der Waals surface area (Å²) in [5.41, 5.74) is 4.22. The summed E-state index contributed by atoms with van der Waals surface area (Å²) in [5, 5.41) is 5.65. The highest BCUT2D eigenvalue weighted by atomic mass is 35.5. The third-order valence-corrected chi connectivity index (χ3v) is 4.03. The summed E-state index contributed by atoms with van der Waals surface area (Å²) in [6.07, 6.45) is 1.45. The Labute approximate surface area is 154 Å². The van der Waals surface area contributed by atoms with E-state index in [4.69, 9.17) is 27.9 Å². The van der Waals surface area contributed by atoms with E-state index >= 15 is 0 Å². The fourth-order valence-corrected chi connectivity index (χ4v) is 2.51. The molecule has 7 heteroatoms. The number of methoxy groups -OCH3 is 1. The van der Waals surface area contributed by atoms with Crippen LogP contribution in [0, 0.1) is 0 Å². The van der Waals surface area contributed by atoms with Gasteiger partial charge in [-0.25, -0.2) is 10.4 Å². The molecular weight excluding hydrogens is 361 g/mol. The van der Waals surface area contributed by atoms with Gasteiger partial charge in [-0.2, -0.15) is 5.10 Å². The standard InChI is InChI=1S/C18H13Cl2N3O2/c1-25-15-6-7-16-12(9-15)8-13(17(20)22-16)10-21-23-18(24)11-2-4-14(19)5-3-11/h2-10H,1H3,(H,23,24)/b21-10+. The van der Waals surface area contributed by atoms with Crippen molar-refractivity contribution in [1.29, 1.82) is 0 Å². The fraction of sp³-hybridized carbons (Fsp3) is 0.0556. The number of benzene rings is 2. The highest BCUT2D eigenvalue weighted by molar-refractivity contribution is 6.32. The van der Waals surface area contributed by atoms with Crippen LogP contribution in [0.15, 0.2) is 53.6 Å². The summed E-state index contributed by atoms with van der Waals surface area (Å²) in [4.78, 5) is 16.3. The van der Waals surface area contributed by atoms with Gasteiger partial charge in [0.15, 0.2) is 0 Å². The minimum absolute atomic E-state index is 0.294. The maximum atomic E-state index is 12.0. The molecule has 0 aliphatic heterocycles. The molecule has 1 N–H and O–H groups in total. The lowest BCUT2D eigenvalue weighted by Crippen LogP contribution is -2.17. The van der Waals surface area contributed by atoms with Gasteiger partial charge in [0.05, 0.1) is 18.8 Å². The van der Waals surface area contributed by atoms with Crippen molar-refractivity contribution >= 4 is 46.2 Å². The van der Waals surface area contributed by atoms with E-state index in [2.05, 4.69) is 15.5 Å². The molecular formula is C18H13Cl2N3O2. The molecule has 0 bridgehead atoms. The Morgan fingerprint density at radius 3 is 2.64 bits per heavy atom. The van der Waals surface area contributed by atoms with Gasteiger partial charge < -0.3 is 4.74 Å². The van der Waals surface area contributed by atoms with Crippen LogP contribution in [-0.2, 0) is 0 Å². The molecule has 3 rings (SSSR count). The normalized spacial score (nSPS) is 11.0. The van der Waals surface area contributed by atoms with E-state index in [0.717, 1.165) is 16.7 Å². The number of hydrogen-bond acceptors (Lipinski definition) is 4. The van der Waals surface area contributed by atoms with Crippen molar-refractivity contribution in [2.24, 2.45) is 5.10 Å². The van der Waals surface area contributed by atoms with E-state index < -0.39 is 0 Å². The molecule has 1 amide bonds. The Bertz CT molecular complexity index is 956. The molecule has 126 valence electrons. The molecule has 0 spiro atoms. The average Bonchev–Trinajstić information content (AvgIpc) is 2.62. The molecule has 0 radical (unpaired) electrons. The van der Waals surface area contributed by atoms with E-state index in [-0.39, 0.29) is 5.91 Å². The summed E-state index contributed by atoms with van der Waals surface area (Å²) in [6, 6.07) is 13.8. The zero-order valence-corrected chi connectivity index (χ0v) is 14.7. The molecule has 25 heavy (non-hydrogen) atoms. The van der Waals surface area contributed by atoms with Gasteiger partial charge in [-0.1, -0.05) is 23.2 Å². The highest BCUT2D eigenvalue weighted by Crippen LogP contribution is 2.23. The number of fused-ring (bicyclic) bond motifs is 1. The van der Waals surface area contributed by atoms with Gasteiger partial charge in [-0.15, -0.1) is 0 Å². The number of ether oxygens (including phenoxy) is 1. The van der Waals surface area contributed by atoms with Crippen LogP contribution in [0.25, 0.3) is 10.9 Å². The van der Waals surface area contributed by atoms with Crippen LogP contribution >= 0.6 is 23.2 Å². The molecule has 5 nitrogen and oxygen atoms in total. The van der Waals surface area contributed by atoms with Gasteiger partial charge in [0.1, 0.15) is 10.9 Å². The van der Waals surface area contributed by atoms with Crippen LogP contribution in [-0.4, -0.2) is 24.2 Å². The maximum Gasteiger partial charge on any atom is 0.271 e. The van der Waals surface area contributed by atoms with E-state index in [1.54, 1.807) is 31.4 Å². The highest BCUT2D eigenvalue weighted by Gasteiger charge is 2.06. The van der Waals surface area contributed by atoms with Gasteiger partial charge in [0.2, 0.25) is 0 Å². The Morgan fingerprint density at radius 1 is 1.16 bits per heavy atom. The molecule has 0 saturated carbocycles. The lowest BCUT2D eigenvalue weighted by Gasteiger charge is -2.05. The molecule has 0 saturated heterocycles. The Kier molecular flexibility index (Phi) is 5.16. The summed E-state index contributed by atoms with van der Waals surface area (Å²) >= 11 is 12.0. The molecule has 3 aromatic rings. The Balaban J connectivity index is 1.79. The van der Waals surface area contributed by atoms with Crippen LogP contribution in [0.2, 0.25) is 10.2 Å². The first-order valence-electron chi connectivity index (χ1n) is 7.30. The predicted molar refractivity (Wildman–Crippen MR) is 99.8 cm³/mol. The number of hydrogen-bond donors (Lipinski definition) is 1. The number of nitrogens with zero attached hydrogens (tertiary/aromatic N) is 2. The van der Waals surface area contributed by atoms with Crippen molar-refractivity contribution < 1.29 is 9.53 Å². The molecule has 0 unspecified atom stereocenters. The third-order valence-electron chi connectivity index (χ3n) is 3.48. The van der Waals surface area contributed by atoms with Crippen molar-refractivity contribution in [3.05, 3.63) is 69.8 Å². The van der Waals surface area contributed by atoms with Gasteiger partial charge in [0, 0.05) is 21.5 Å². The van der Waals surface area contributed by atoms with Gasteiger partial charge in [-0.3, -0.25) is 4.79 Å². The summed E-state index contributed by atoms with van der Waals surface area (Å²) in [6.45, 7) is 0. The molecule has 0 atom stereocenters. The van der Waals surface area contributed by atoms with Crippen molar-refractivity contribution in [2.45, 2.75) is 0 Å². The minimum atomic E-state index is -0.348. The number of amides is 1. The summed E-state index contributed by atoms with van der Waals surface area (Å²) in [5.74, 6) is 0.370. The van der Waals surface area contributed by atoms with Crippen LogP contribution < -0.4 is 10.2 Å². The van der Waals surface area contributed by atoms with Gasteiger partial charge in [-0.05, 0) is 48.5 Å². The predicted octanol–water partition coefficient (Wildman–Crippen LogP) is 4.31. The number of carbonyl (C=O) groups excluding carboxylic acids is 1. The summed E-state index contributed by atoms with van der Waals surface area (Å²) in [7, 11) is 1.60. The van der Waals surface area contributed by atoms with Crippen molar-refractivity contribution in [3.63, 3.8) is 0 Å². The van der Waals surface area contributed by atoms with E-state index in [0.29, 0.717) is 21.3 Å². The second-order valence-corrected chi connectivity index (χ2v) is 5.93.